The molecule has 1 aromatic heterocycles. The maximum Gasteiger partial charge on any atom is 0.413 e. The van der Waals surface area contributed by atoms with Crippen molar-refractivity contribution >= 4 is 22.9 Å². The number of hydrogen-bond acceptors (Lipinski definition) is 4. The van der Waals surface area contributed by atoms with Gasteiger partial charge >= 0.3 is 6.09 Å². The molecule has 2 atom stereocenters. The Hall–Kier alpha value is -2.25. The second kappa shape index (κ2) is 8.84. The van der Waals surface area contributed by atoms with E-state index in [1.54, 1.807) is 33.0 Å². The summed E-state index contributed by atoms with van der Waals surface area (Å²) in [7, 11) is -1.33. The van der Waals surface area contributed by atoms with Gasteiger partial charge in [0.1, 0.15) is 11.4 Å². The summed E-state index contributed by atoms with van der Waals surface area (Å²) in [6.45, 7) is 11.1. The number of rotatable bonds is 5. The van der Waals surface area contributed by atoms with E-state index in [2.05, 4.69) is 15.0 Å². The Morgan fingerprint density at radius 1 is 1.04 bits per heavy atom. The minimum absolute atomic E-state index is 0.365. The lowest BCUT2D eigenvalue weighted by Crippen LogP contribution is -2.36. The molecular weight excluding hydrogens is 374 g/mol. The van der Waals surface area contributed by atoms with Gasteiger partial charge in [-0.15, -0.1) is 0 Å². The van der Waals surface area contributed by atoms with Crippen molar-refractivity contribution in [2.45, 2.75) is 57.9 Å². The summed E-state index contributed by atoms with van der Waals surface area (Å²) in [5.74, 6) is 0.365. The van der Waals surface area contributed by atoms with Crippen LogP contribution in [-0.4, -0.2) is 25.6 Å². The highest BCUT2D eigenvalue weighted by Gasteiger charge is 2.27. The van der Waals surface area contributed by atoms with Gasteiger partial charge in [0.25, 0.3) is 0 Å². The highest BCUT2D eigenvalue weighted by Crippen LogP contribution is 2.29. The highest BCUT2D eigenvalue weighted by atomic mass is 32.2. The third-order valence-corrected chi connectivity index (χ3v) is 5.25. The van der Waals surface area contributed by atoms with Crippen LogP contribution in [0.15, 0.2) is 48.7 Å². The highest BCUT2D eigenvalue weighted by molar-refractivity contribution is 7.84. The molecule has 2 N–H and O–H groups in total. The van der Waals surface area contributed by atoms with Crippen LogP contribution in [-0.2, 0) is 15.7 Å². The van der Waals surface area contributed by atoms with Gasteiger partial charge in [0.05, 0.1) is 21.8 Å². The Bertz CT molecular complexity index is 827. The lowest BCUT2D eigenvalue weighted by molar-refractivity contribution is 0.0635. The summed E-state index contributed by atoms with van der Waals surface area (Å²) in [5.41, 5.74) is 1.00. The van der Waals surface area contributed by atoms with Crippen LogP contribution < -0.4 is 10.0 Å². The Balaban J connectivity index is 2.41. The van der Waals surface area contributed by atoms with Gasteiger partial charge in [-0.05, 0) is 53.2 Å². The molecule has 2 rings (SSSR count). The predicted molar refractivity (Wildman–Crippen MR) is 113 cm³/mol. The summed E-state index contributed by atoms with van der Waals surface area (Å²) in [4.78, 5) is 16.6. The molecule has 6 nitrogen and oxygen atoms in total. The molecule has 28 heavy (non-hydrogen) atoms. The second-order valence-electron chi connectivity index (χ2n) is 8.41. The van der Waals surface area contributed by atoms with Gasteiger partial charge in [-0.1, -0.05) is 36.4 Å². The number of ether oxygens (including phenoxy) is 1. The average Bonchev–Trinajstić information content (AvgIpc) is 2.58. The lowest BCUT2D eigenvalue weighted by Gasteiger charge is -2.26. The Morgan fingerprint density at radius 3 is 2.25 bits per heavy atom. The van der Waals surface area contributed by atoms with Gasteiger partial charge in [-0.3, -0.25) is 5.32 Å². The summed E-state index contributed by atoms with van der Waals surface area (Å²) in [5, 5.41) is 2.72. The van der Waals surface area contributed by atoms with E-state index in [0.717, 1.165) is 5.56 Å². The molecule has 0 bridgehead atoms. The molecule has 0 saturated carbocycles. The molecule has 1 heterocycles. The van der Waals surface area contributed by atoms with E-state index in [9.17, 15) is 9.00 Å². The molecular formula is C21H29N3O3S. The zero-order valence-corrected chi connectivity index (χ0v) is 18.1. The van der Waals surface area contributed by atoms with Crippen LogP contribution in [0.3, 0.4) is 0 Å². The Labute approximate surface area is 169 Å². The number of nitrogens with one attached hydrogen (secondary N) is 2. The number of hydrogen-bond donors (Lipinski definition) is 2. The van der Waals surface area contributed by atoms with Crippen molar-refractivity contribution in [2.24, 2.45) is 0 Å². The number of carbonyl (C=O) groups is 1. The Kier molecular flexibility index (Phi) is 6.96. The molecule has 2 unspecified atom stereocenters. The van der Waals surface area contributed by atoms with E-state index in [1.807, 2.05) is 57.2 Å². The quantitative estimate of drug-likeness (QED) is 0.766. The number of aromatic nitrogens is 1. The topological polar surface area (TPSA) is 80.3 Å². The predicted octanol–water partition coefficient (Wildman–Crippen LogP) is 4.57. The van der Waals surface area contributed by atoms with Gasteiger partial charge in [-0.2, -0.15) is 0 Å². The Morgan fingerprint density at radius 2 is 1.68 bits per heavy atom. The third-order valence-electron chi connectivity index (χ3n) is 3.68. The molecule has 0 spiro atoms. The van der Waals surface area contributed by atoms with Gasteiger partial charge in [0.15, 0.2) is 0 Å². The van der Waals surface area contributed by atoms with Crippen molar-refractivity contribution in [3.8, 4) is 0 Å². The summed E-state index contributed by atoms with van der Waals surface area (Å²) in [6.07, 6.45) is 1.01. The number of anilines is 1. The molecule has 1 amide bonds. The van der Waals surface area contributed by atoms with Gasteiger partial charge in [0.2, 0.25) is 0 Å². The third kappa shape index (κ3) is 6.42. The van der Waals surface area contributed by atoms with Crippen LogP contribution in [0, 0.1) is 0 Å². The second-order valence-corrected chi connectivity index (χ2v) is 10.4. The SMILES string of the molecule is CC(C)(C)OC(=O)Nc1ncccc1C(NS(=O)C(C)(C)C)c1ccccc1. The zero-order chi connectivity index (χ0) is 20.9. The van der Waals surface area contributed by atoms with Crippen LogP contribution in [0.5, 0.6) is 0 Å². The van der Waals surface area contributed by atoms with E-state index in [4.69, 9.17) is 4.74 Å². The molecule has 1 aromatic carbocycles. The van der Waals surface area contributed by atoms with Crippen molar-refractivity contribution in [2.75, 3.05) is 5.32 Å². The van der Waals surface area contributed by atoms with Crippen LogP contribution >= 0.6 is 0 Å². The van der Waals surface area contributed by atoms with Crippen LogP contribution in [0.25, 0.3) is 0 Å². The first-order valence-corrected chi connectivity index (χ1v) is 10.3. The number of nitrogens with zero attached hydrogens (tertiary/aromatic N) is 1. The fraction of sp³-hybridized carbons (Fsp3) is 0.429. The molecule has 0 saturated heterocycles. The van der Waals surface area contributed by atoms with Crippen molar-refractivity contribution in [1.29, 1.82) is 0 Å². The normalized spacial score (nSPS) is 14.2. The summed E-state index contributed by atoms with van der Waals surface area (Å²) in [6, 6.07) is 12.9. The number of pyridine rings is 1. The number of carbonyl (C=O) groups excluding carboxylic acids is 1. The van der Waals surface area contributed by atoms with Gasteiger partial charge in [-0.25, -0.2) is 18.7 Å². The molecule has 0 aliphatic rings. The molecule has 152 valence electrons. The van der Waals surface area contributed by atoms with Gasteiger partial charge < -0.3 is 4.74 Å². The summed E-state index contributed by atoms with van der Waals surface area (Å²) < 4.78 is 20.9. The molecule has 7 heteroatoms. The fourth-order valence-corrected chi connectivity index (χ4v) is 3.23. The van der Waals surface area contributed by atoms with Crippen molar-refractivity contribution in [3.05, 3.63) is 59.8 Å². The first kappa shape index (κ1) is 22.0. The van der Waals surface area contributed by atoms with E-state index < -0.39 is 33.5 Å². The van der Waals surface area contributed by atoms with Crippen LogP contribution in [0.2, 0.25) is 0 Å². The van der Waals surface area contributed by atoms with E-state index >= 15 is 0 Å². The minimum Gasteiger partial charge on any atom is -0.444 e. The minimum atomic E-state index is -1.33. The van der Waals surface area contributed by atoms with E-state index in [1.165, 1.54) is 0 Å². The molecule has 2 aromatic rings. The van der Waals surface area contributed by atoms with E-state index in [-0.39, 0.29) is 0 Å². The first-order chi connectivity index (χ1) is 13.0. The van der Waals surface area contributed by atoms with Crippen molar-refractivity contribution in [1.82, 2.24) is 9.71 Å². The maximum absolute atomic E-state index is 12.8. The standard InChI is InChI=1S/C21H29N3O3S/c1-20(2,3)27-19(25)23-18-16(13-10-14-22-18)17(15-11-8-7-9-12-15)24-28(26)21(4,5)6/h7-14,17,24H,1-6H3,(H,22,23,25). The van der Waals surface area contributed by atoms with Crippen LogP contribution in [0.1, 0.15) is 58.7 Å². The zero-order valence-electron chi connectivity index (χ0n) is 17.3. The molecule has 0 fully saturated rings. The first-order valence-electron chi connectivity index (χ1n) is 9.15. The van der Waals surface area contributed by atoms with Crippen LogP contribution in [0.4, 0.5) is 10.6 Å². The lowest BCUT2D eigenvalue weighted by atomic mass is 10.0. The number of amides is 1. The van der Waals surface area contributed by atoms with E-state index in [0.29, 0.717) is 11.4 Å². The molecule has 0 aliphatic carbocycles. The largest absolute Gasteiger partial charge is 0.444 e. The maximum atomic E-state index is 12.8. The smallest absolute Gasteiger partial charge is 0.413 e. The molecule has 0 aliphatic heterocycles. The summed E-state index contributed by atoms with van der Waals surface area (Å²) >= 11 is 0. The van der Waals surface area contributed by atoms with Crippen molar-refractivity contribution in [3.63, 3.8) is 0 Å². The van der Waals surface area contributed by atoms with Gasteiger partial charge in [0, 0.05) is 11.8 Å². The monoisotopic (exact) mass is 403 g/mol. The average molecular weight is 404 g/mol. The number of benzene rings is 1. The fourth-order valence-electron chi connectivity index (χ4n) is 2.40. The molecule has 0 radical (unpaired) electrons. The van der Waals surface area contributed by atoms with Crippen molar-refractivity contribution < 1.29 is 13.7 Å².